The quantitative estimate of drug-likeness (QED) is 0.278. The van der Waals surface area contributed by atoms with E-state index in [1.54, 1.807) is 0 Å². The van der Waals surface area contributed by atoms with Crippen molar-refractivity contribution in [2.75, 3.05) is 11.9 Å². The number of H-pyrrole nitrogens is 1. The zero-order chi connectivity index (χ0) is 24.9. The summed E-state index contributed by atoms with van der Waals surface area (Å²) in [5.74, 6) is -0.454. The van der Waals surface area contributed by atoms with Crippen LogP contribution in [0.25, 0.3) is 21.7 Å². The van der Waals surface area contributed by atoms with Gasteiger partial charge in [0.1, 0.15) is 0 Å². The standard InChI is InChI=1S/C29H22F3N3O/c30-29(31,32)21-8-5-9-22(17-21)34-27(36)28(20-13-12-18-6-1-2-7-19(18)16-20)26-24(14-15-33-28)23-10-3-4-11-25(23)35-26/h1-13,16-17,33,35H,14-15H2,(H,34,36)/t28-/m0/s1. The Hall–Kier alpha value is -4.10. The number of halogens is 3. The lowest BCUT2D eigenvalue weighted by Crippen LogP contribution is -2.56. The molecule has 1 atom stereocenters. The number of amides is 1. The molecular weight excluding hydrogens is 463 g/mol. The Morgan fingerprint density at radius 1 is 0.861 bits per heavy atom. The highest BCUT2D eigenvalue weighted by molar-refractivity contribution is 6.04. The highest BCUT2D eigenvalue weighted by Crippen LogP contribution is 2.40. The Labute approximate surface area is 205 Å². The maximum absolute atomic E-state index is 14.2. The molecule has 0 aliphatic carbocycles. The van der Waals surface area contributed by atoms with E-state index < -0.39 is 23.2 Å². The number of aromatic nitrogens is 1. The number of carbonyl (C=O) groups is 1. The third-order valence-corrected chi connectivity index (χ3v) is 6.92. The Kier molecular flexibility index (Phi) is 5.12. The second-order valence-corrected chi connectivity index (χ2v) is 9.05. The molecule has 6 rings (SSSR count). The van der Waals surface area contributed by atoms with Crippen LogP contribution in [0.1, 0.15) is 22.4 Å². The first-order valence-electron chi connectivity index (χ1n) is 11.7. The van der Waals surface area contributed by atoms with Crippen LogP contribution in [0.3, 0.4) is 0 Å². The van der Waals surface area contributed by atoms with Crippen LogP contribution in [-0.4, -0.2) is 17.4 Å². The monoisotopic (exact) mass is 485 g/mol. The largest absolute Gasteiger partial charge is 0.416 e. The van der Waals surface area contributed by atoms with E-state index in [-0.39, 0.29) is 5.69 Å². The molecule has 1 aromatic heterocycles. The summed E-state index contributed by atoms with van der Waals surface area (Å²) in [6.45, 7) is 0.525. The number of hydrogen-bond acceptors (Lipinski definition) is 2. The number of anilines is 1. The van der Waals surface area contributed by atoms with Gasteiger partial charge in [-0.2, -0.15) is 13.2 Å². The van der Waals surface area contributed by atoms with Gasteiger partial charge in [-0.1, -0.05) is 60.7 Å². The van der Waals surface area contributed by atoms with E-state index in [0.717, 1.165) is 39.4 Å². The smallest absolute Gasteiger partial charge is 0.356 e. The highest BCUT2D eigenvalue weighted by Gasteiger charge is 2.47. The molecule has 2 heterocycles. The Balaban J connectivity index is 1.54. The predicted octanol–water partition coefficient (Wildman–Crippen LogP) is 6.37. The van der Waals surface area contributed by atoms with Crippen LogP contribution in [0.2, 0.25) is 0 Å². The van der Waals surface area contributed by atoms with E-state index in [4.69, 9.17) is 0 Å². The van der Waals surface area contributed by atoms with E-state index in [1.165, 1.54) is 12.1 Å². The van der Waals surface area contributed by atoms with Gasteiger partial charge in [-0.25, -0.2) is 0 Å². The molecule has 1 aliphatic heterocycles. The molecule has 4 nitrogen and oxygen atoms in total. The number of alkyl halides is 3. The molecule has 36 heavy (non-hydrogen) atoms. The molecule has 0 saturated carbocycles. The molecular formula is C29H22F3N3O. The first-order chi connectivity index (χ1) is 17.4. The number of aromatic amines is 1. The SMILES string of the molecule is O=C(Nc1cccc(C(F)(F)F)c1)[C@@]1(c2ccc3ccccc3c2)NCCc2c1[nH]c1ccccc21. The van der Waals surface area contributed by atoms with E-state index >= 15 is 0 Å². The van der Waals surface area contributed by atoms with Crippen molar-refractivity contribution in [3.63, 3.8) is 0 Å². The van der Waals surface area contributed by atoms with Crippen molar-refractivity contribution in [2.24, 2.45) is 0 Å². The summed E-state index contributed by atoms with van der Waals surface area (Å²) < 4.78 is 40.0. The predicted molar refractivity (Wildman–Crippen MR) is 135 cm³/mol. The van der Waals surface area contributed by atoms with Crippen LogP contribution in [0.4, 0.5) is 18.9 Å². The van der Waals surface area contributed by atoms with Crippen LogP contribution < -0.4 is 10.6 Å². The van der Waals surface area contributed by atoms with Gasteiger partial charge in [-0.15, -0.1) is 0 Å². The highest BCUT2D eigenvalue weighted by atomic mass is 19.4. The third kappa shape index (κ3) is 3.55. The summed E-state index contributed by atoms with van der Waals surface area (Å²) in [7, 11) is 0. The van der Waals surface area contributed by atoms with Gasteiger partial charge in [-0.3, -0.25) is 10.1 Å². The van der Waals surface area contributed by atoms with Crippen LogP contribution >= 0.6 is 0 Å². The maximum Gasteiger partial charge on any atom is 0.416 e. The first-order valence-corrected chi connectivity index (χ1v) is 11.7. The number of para-hydroxylation sites is 1. The number of benzene rings is 4. The van der Waals surface area contributed by atoms with Gasteiger partial charge in [0.05, 0.1) is 11.3 Å². The van der Waals surface area contributed by atoms with E-state index in [0.29, 0.717) is 24.2 Å². The maximum atomic E-state index is 14.2. The molecule has 0 fully saturated rings. The average molecular weight is 486 g/mol. The lowest BCUT2D eigenvalue weighted by molar-refractivity contribution is -0.137. The molecule has 3 N–H and O–H groups in total. The van der Waals surface area contributed by atoms with Crippen molar-refractivity contribution >= 4 is 33.3 Å². The number of hydrogen-bond donors (Lipinski definition) is 3. The lowest BCUT2D eigenvalue weighted by atomic mass is 9.79. The Bertz CT molecular complexity index is 1620. The van der Waals surface area contributed by atoms with Gasteiger partial charge in [0.25, 0.3) is 5.91 Å². The molecule has 1 aliphatic rings. The number of carbonyl (C=O) groups excluding carboxylic acids is 1. The molecule has 0 radical (unpaired) electrons. The topological polar surface area (TPSA) is 56.9 Å². The van der Waals surface area contributed by atoms with Crippen molar-refractivity contribution < 1.29 is 18.0 Å². The normalized spacial score (nSPS) is 17.8. The molecule has 0 bridgehead atoms. The summed E-state index contributed by atoms with van der Waals surface area (Å²) in [6, 6.07) is 26.3. The number of nitrogens with one attached hydrogen (secondary N) is 3. The van der Waals surface area contributed by atoms with Crippen LogP contribution in [-0.2, 0) is 22.9 Å². The number of fused-ring (bicyclic) bond motifs is 4. The average Bonchev–Trinajstić information content (AvgIpc) is 3.27. The van der Waals surface area contributed by atoms with E-state index in [2.05, 4.69) is 15.6 Å². The molecule has 1 amide bonds. The Morgan fingerprint density at radius 3 is 2.47 bits per heavy atom. The van der Waals surface area contributed by atoms with Crippen LogP contribution in [0, 0.1) is 0 Å². The second-order valence-electron chi connectivity index (χ2n) is 9.05. The first kappa shape index (κ1) is 22.4. The van der Waals surface area contributed by atoms with Gasteiger partial charge in [0, 0.05) is 23.1 Å². The molecule has 0 unspecified atom stereocenters. The summed E-state index contributed by atoms with van der Waals surface area (Å²) in [6.07, 6.45) is -3.80. The molecule has 4 aromatic carbocycles. The van der Waals surface area contributed by atoms with Crippen LogP contribution in [0.15, 0.2) is 91.0 Å². The van der Waals surface area contributed by atoms with Crippen molar-refractivity contribution in [2.45, 2.75) is 18.1 Å². The fourth-order valence-corrected chi connectivity index (χ4v) is 5.24. The minimum absolute atomic E-state index is 0.0834. The number of rotatable bonds is 3. The lowest BCUT2D eigenvalue weighted by Gasteiger charge is -2.38. The molecule has 180 valence electrons. The zero-order valence-electron chi connectivity index (χ0n) is 19.1. The minimum atomic E-state index is -4.51. The molecule has 0 saturated heterocycles. The van der Waals surface area contributed by atoms with Gasteiger partial charge >= 0.3 is 6.18 Å². The van der Waals surface area contributed by atoms with Crippen molar-refractivity contribution in [1.29, 1.82) is 0 Å². The summed E-state index contributed by atoms with van der Waals surface area (Å²) in [5, 5.41) is 9.23. The van der Waals surface area contributed by atoms with Crippen molar-refractivity contribution in [3.8, 4) is 0 Å². The van der Waals surface area contributed by atoms with E-state index in [1.807, 2.05) is 66.7 Å². The van der Waals surface area contributed by atoms with Gasteiger partial charge in [-0.05, 0) is 58.7 Å². The molecule has 0 spiro atoms. The third-order valence-electron chi connectivity index (χ3n) is 6.92. The van der Waals surface area contributed by atoms with Crippen LogP contribution in [0.5, 0.6) is 0 Å². The minimum Gasteiger partial charge on any atom is -0.356 e. The molecule has 5 aromatic rings. The van der Waals surface area contributed by atoms with E-state index in [9.17, 15) is 18.0 Å². The van der Waals surface area contributed by atoms with Gasteiger partial charge in [0.15, 0.2) is 5.54 Å². The second kappa shape index (κ2) is 8.24. The zero-order valence-corrected chi connectivity index (χ0v) is 19.1. The summed E-state index contributed by atoms with van der Waals surface area (Å²) >= 11 is 0. The summed E-state index contributed by atoms with van der Waals surface area (Å²) in [4.78, 5) is 17.6. The molecule has 7 heteroatoms. The Morgan fingerprint density at radius 2 is 1.64 bits per heavy atom. The fraction of sp³-hybridized carbons (Fsp3) is 0.138. The van der Waals surface area contributed by atoms with Gasteiger partial charge < -0.3 is 10.3 Å². The van der Waals surface area contributed by atoms with Crippen molar-refractivity contribution in [3.05, 3.63) is 113 Å². The summed E-state index contributed by atoms with van der Waals surface area (Å²) in [5.41, 5.74) is 1.28. The van der Waals surface area contributed by atoms with Gasteiger partial charge in [0.2, 0.25) is 0 Å². The van der Waals surface area contributed by atoms with Crippen molar-refractivity contribution in [1.82, 2.24) is 10.3 Å². The fourth-order valence-electron chi connectivity index (χ4n) is 5.24.